The Morgan fingerprint density at radius 2 is 2.00 bits per heavy atom. The summed E-state index contributed by atoms with van der Waals surface area (Å²) in [6.45, 7) is 3.58. The number of hydrogen-bond donors (Lipinski definition) is 2. The molecule has 2 aliphatic rings. The van der Waals surface area contributed by atoms with Crippen LogP contribution in [0.1, 0.15) is 24.8 Å². The van der Waals surface area contributed by atoms with Crippen molar-refractivity contribution in [2.45, 2.75) is 25.7 Å². The summed E-state index contributed by atoms with van der Waals surface area (Å²) in [6, 6.07) is 5.78. The van der Waals surface area contributed by atoms with Crippen molar-refractivity contribution >= 4 is 5.91 Å². The molecule has 6 heteroatoms. The Labute approximate surface area is 155 Å². The van der Waals surface area contributed by atoms with E-state index in [1.165, 1.54) is 0 Å². The van der Waals surface area contributed by atoms with Crippen LogP contribution in [0, 0.1) is 11.3 Å². The highest BCUT2D eigenvalue weighted by Gasteiger charge is 2.47. The average Bonchev–Trinajstić information content (AvgIpc) is 3.04. The number of methoxy groups -OCH3 is 2. The van der Waals surface area contributed by atoms with Crippen LogP contribution in [0.3, 0.4) is 0 Å². The van der Waals surface area contributed by atoms with Gasteiger partial charge in [-0.1, -0.05) is 6.07 Å². The molecule has 1 amide bonds. The van der Waals surface area contributed by atoms with E-state index < -0.39 is 0 Å². The molecule has 3 rings (SSSR count). The molecule has 0 saturated carbocycles. The molecule has 2 heterocycles. The van der Waals surface area contributed by atoms with Crippen LogP contribution in [0.4, 0.5) is 0 Å². The van der Waals surface area contributed by atoms with Gasteiger partial charge in [-0.05, 0) is 55.5 Å². The molecule has 2 aliphatic heterocycles. The second kappa shape index (κ2) is 8.27. The van der Waals surface area contributed by atoms with Gasteiger partial charge in [0.05, 0.1) is 14.2 Å². The number of ether oxygens (including phenoxy) is 2. The normalized spacial score (nSPS) is 21.8. The van der Waals surface area contributed by atoms with E-state index in [0.717, 1.165) is 38.0 Å². The second-order valence-electron chi connectivity index (χ2n) is 7.46. The van der Waals surface area contributed by atoms with E-state index in [9.17, 15) is 9.90 Å². The Balaban J connectivity index is 1.60. The number of rotatable bonds is 6. The molecule has 0 bridgehead atoms. The highest BCUT2D eigenvalue weighted by molar-refractivity contribution is 5.77. The van der Waals surface area contributed by atoms with E-state index in [1.807, 2.05) is 23.1 Å². The zero-order chi connectivity index (χ0) is 18.6. The number of amides is 1. The van der Waals surface area contributed by atoms with E-state index >= 15 is 0 Å². The zero-order valence-corrected chi connectivity index (χ0v) is 15.8. The van der Waals surface area contributed by atoms with Crippen LogP contribution in [0.15, 0.2) is 18.2 Å². The molecular weight excluding hydrogens is 332 g/mol. The Hall–Kier alpha value is -1.79. The van der Waals surface area contributed by atoms with Crippen molar-refractivity contribution in [1.82, 2.24) is 10.2 Å². The fraction of sp³-hybridized carbons (Fsp3) is 0.650. The van der Waals surface area contributed by atoms with Crippen LogP contribution < -0.4 is 14.8 Å². The van der Waals surface area contributed by atoms with E-state index in [2.05, 4.69) is 5.32 Å². The van der Waals surface area contributed by atoms with Crippen molar-refractivity contribution in [3.05, 3.63) is 23.8 Å². The minimum Gasteiger partial charge on any atom is -0.493 e. The molecule has 6 nitrogen and oxygen atoms in total. The summed E-state index contributed by atoms with van der Waals surface area (Å²) in [4.78, 5) is 14.7. The Morgan fingerprint density at radius 3 is 2.65 bits per heavy atom. The lowest BCUT2D eigenvalue weighted by atomic mass is 9.71. The van der Waals surface area contributed by atoms with Gasteiger partial charge in [0.1, 0.15) is 0 Å². The highest BCUT2D eigenvalue weighted by atomic mass is 16.5. The first-order valence-corrected chi connectivity index (χ1v) is 9.42. The third-order valence-corrected chi connectivity index (χ3v) is 6.06. The van der Waals surface area contributed by atoms with Crippen molar-refractivity contribution in [2.75, 3.05) is 47.0 Å². The highest BCUT2D eigenvalue weighted by Crippen LogP contribution is 2.43. The number of carbonyl (C=O) groups excluding carboxylic acids is 1. The summed E-state index contributed by atoms with van der Waals surface area (Å²) < 4.78 is 10.6. The molecule has 1 atom stereocenters. The first-order valence-electron chi connectivity index (χ1n) is 9.42. The van der Waals surface area contributed by atoms with Crippen LogP contribution in [-0.4, -0.2) is 62.9 Å². The minimum atomic E-state index is 0.0962. The standard InChI is InChI=1S/C20H30N2O4/c1-25-17-5-3-15(11-18(17)26-2)4-6-19(24)22-12-16(13-23)20(14-22)7-9-21-10-8-20/h3,5,11,16,21,23H,4,6-10,12-14H2,1-2H3. The fourth-order valence-corrected chi connectivity index (χ4v) is 4.41. The first-order chi connectivity index (χ1) is 12.6. The number of aryl methyl sites for hydroxylation is 1. The van der Waals surface area contributed by atoms with Gasteiger partial charge in [0.15, 0.2) is 11.5 Å². The molecule has 144 valence electrons. The smallest absolute Gasteiger partial charge is 0.222 e. The fourth-order valence-electron chi connectivity index (χ4n) is 4.41. The maximum absolute atomic E-state index is 12.8. The zero-order valence-electron chi connectivity index (χ0n) is 15.8. The lowest BCUT2D eigenvalue weighted by molar-refractivity contribution is -0.130. The molecule has 0 aliphatic carbocycles. The van der Waals surface area contributed by atoms with Gasteiger partial charge in [-0.15, -0.1) is 0 Å². The van der Waals surface area contributed by atoms with Crippen LogP contribution in [0.2, 0.25) is 0 Å². The predicted molar refractivity (Wildman–Crippen MR) is 99.6 cm³/mol. The maximum Gasteiger partial charge on any atom is 0.222 e. The summed E-state index contributed by atoms with van der Waals surface area (Å²) in [6.07, 6.45) is 3.23. The topological polar surface area (TPSA) is 71.0 Å². The summed E-state index contributed by atoms with van der Waals surface area (Å²) >= 11 is 0. The van der Waals surface area contributed by atoms with Gasteiger partial charge in [-0.3, -0.25) is 4.79 Å². The molecule has 1 unspecified atom stereocenters. The molecule has 2 N–H and O–H groups in total. The van der Waals surface area contributed by atoms with E-state index in [4.69, 9.17) is 9.47 Å². The minimum absolute atomic E-state index is 0.0962. The number of nitrogens with zero attached hydrogens (tertiary/aromatic N) is 1. The van der Waals surface area contributed by atoms with Crippen LogP contribution in [0.5, 0.6) is 11.5 Å². The number of carbonyl (C=O) groups is 1. The molecular formula is C20H30N2O4. The SMILES string of the molecule is COc1ccc(CCC(=O)N2CC(CO)C3(CCNCC3)C2)cc1OC. The Kier molecular flexibility index (Phi) is 6.04. The number of hydrogen-bond acceptors (Lipinski definition) is 5. The van der Waals surface area contributed by atoms with Crippen molar-refractivity contribution in [1.29, 1.82) is 0 Å². The van der Waals surface area contributed by atoms with E-state index in [-0.39, 0.29) is 23.8 Å². The number of likely N-dealkylation sites (tertiary alicyclic amines) is 1. The molecule has 26 heavy (non-hydrogen) atoms. The summed E-state index contributed by atoms with van der Waals surface area (Å²) in [5.41, 5.74) is 1.16. The van der Waals surface area contributed by atoms with E-state index in [1.54, 1.807) is 14.2 Å². The van der Waals surface area contributed by atoms with Gasteiger partial charge < -0.3 is 24.8 Å². The number of aliphatic hydroxyl groups excluding tert-OH is 1. The van der Waals surface area contributed by atoms with Gasteiger partial charge in [-0.2, -0.15) is 0 Å². The number of piperidine rings is 1. The lowest BCUT2D eigenvalue weighted by Crippen LogP contribution is -2.43. The molecule has 2 saturated heterocycles. The van der Waals surface area contributed by atoms with Gasteiger partial charge in [0.25, 0.3) is 0 Å². The Morgan fingerprint density at radius 1 is 1.27 bits per heavy atom. The average molecular weight is 362 g/mol. The first kappa shape index (κ1) is 19.0. The number of benzene rings is 1. The molecule has 2 fully saturated rings. The summed E-state index contributed by atoms with van der Waals surface area (Å²) in [7, 11) is 3.23. The molecule has 0 aromatic heterocycles. The lowest BCUT2D eigenvalue weighted by Gasteiger charge is -2.37. The quantitative estimate of drug-likeness (QED) is 0.802. The summed E-state index contributed by atoms with van der Waals surface area (Å²) in [5.74, 6) is 1.76. The molecule has 0 radical (unpaired) electrons. The maximum atomic E-state index is 12.8. The van der Waals surface area contributed by atoms with Crippen molar-refractivity contribution in [2.24, 2.45) is 11.3 Å². The summed E-state index contributed by atoms with van der Waals surface area (Å²) in [5, 5.41) is 13.2. The van der Waals surface area contributed by atoms with Gasteiger partial charge in [-0.25, -0.2) is 0 Å². The molecule has 1 spiro atoms. The monoisotopic (exact) mass is 362 g/mol. The second-order valence-corrected chi connectivity index (χ2v) is 7.46. The van der Waals surface area contributed by atoms with Gasteiger partial charge in [0, 0.05) is 32.0 Å². The van der Waals surface area contributed by atoms with E-state index in [0.29, 0.717) is 30.9 Å². The number of aliphatic hydroxyl groups is 1. The van der Waals surface area contributed by atoms with Crippen molar-refractivity contribution < 1.29 is 19.4 Å². The Bertz CT molecular complexity index is 628. The van der Waals surface area contributed by atoms with Crippen LogP contribution in [0.25, 0.3) is 0 Å². The van der Waals surface area contributed by atoms with Crippen molar-refractivity contribution in [3.63, 3.8) is 0 Å². The van der Waals surface area contributed by atoms with Crippen LogP contribution in [-0.2, 0) is 11.2 Å². The largest absolute Gasteiger partial charge is 0.493 e. The predicted octanol–water partition coefficient (Wildman–Crippen LogP) is 1.46. The van der Waals surface area contributed by atoms with Crippen LogP contribution >= 0.6 is 0 Å². The molecule has 1 aromatic carbocycles. The third kappa shape index (κ3) is 3.81. The van der Waals surface area contributed by atoms with Gasteiger partial charge in [0.2, 0.25) is 5.91 Å². The van der Waals surface area contributed by atoms with Gasteiger partial charge >= 0.3 is 0 Å². The third-order valence-electron chi connectivity index (χ3n) is 6.06. The molecule has 1 aromatic rings. The van der Waals surface area contributed by atoms with Crippen molar-refractivity contribution in [3.8, 4) is 11.5 Å². The number of nitrogens with one attached hydrogen (secondary N) is 1.